The van der Waals surface area contributed by atoms with Gasteiger partial charge in [0.1, 0.15) is 0 Å². The first-order valence-electron chi connectivity index (χ1n) is 9.95. The largest absolute Gasteiger partial charge is 0.356 e. The number of Topliss-reactive ketones (excluding diaryl/α,β-unsaturated/α-hetero) is 1. The molecule has 0 fully saturated rings. The third-order valence-electron chi connectivity index (χ3n) is 5.23. The normalized spacial score (nSPS) is 12.9. The number of para-hydroxylation sites is 1. The molecule has 1 aliphatic rings. The summed E-state index contributed by atoms with van der Waals surface area (Å²) in [6.07, 6.45) is 5.57. The first-order chi connectivity index (χ1) is 13.7. The van der Waals surface area contributed by atoms with Crippen LogP contribution in [-0.4, -0.2) is 23.2 Å². The average molecular weight is 393 g/mol. The maximum atomic E-state index is 12.4. The first kappa shape index (κ1) is 18.8. The van der Waals surface area contributed by atoms with Crippen molar-refractivity contribution >= 4 is 33.2 Å². The number of fused-ring (bicyclic) bond motifs is 2. The van der Waals surface area contributed by atoms with Crippen molar-refractivity contribution in [1.29, 1.82) is 0 Å². The van der Waals surface area contributed by atoms with Gasteiger partial charge >= 0.3 is 0 Å². The Bertz CT molecular complexity index is 976. The van der Waals surface area contributed by atoms with Gasteiger partial charge in [-0.2, -0.15) is 0 Å². The second kappa shape index (κ2) is 8.65. The van der Waals surface area contributed by atoms with Crippen molar-refractivity contribution in [2.24, 2.45) is 0 Å². The molecule has 0 saturated heterocycles. The number of hydrogen-bond donors (Lipinski definition) is 1. The maximum Gasteiger partial charge on any atom is 0.220 e. The van der Waals surface area contributed by atoms with E-state index < -0.39 is 0 Å². The molecule has 144 valence electrons. The van der Waals surface area contributed by atoms with E-state index in [0.717, 1.165) is 41.8 Å². The number of rotatable bonds is 8. The number of benzene rings is 2. The van der Waals surface area contributed by atoms with Gasteiger partial charge in [-0.05, 0) is 55.0 Å². The third kappa shape index (κ3) is 4.47. The quantitative estimate of drug-likeness (QED) is 0.454. The minimum absolute atomic E-state index is 0.0549. The molecule has 3 aromatic rings. The Hall–Kier alpha value is -2.53. The molecule has 0 aliphatic heterocycles. The van der Waals surface area contributed by atoms with Gasteiger partial charge in [0.05, 0.1) is 15.2 Å². The minimum Gasteiger partial charge on any atom is -0.356 e. The Kier molecular flexibility index (Phi) is 5.81. The van der Waals surface area contributed by atoms with E-state index in [9.17, 15) is 9.59 Å². The van der Waals surface area contributed by atoms with E-state index in [1.165, 1.54) is 22.2 Å². The van der Waals surface area contributed by atoms with E-state index in [-0.39, 0.29) is 24.5 Å². The van der Waals surface area contributed by atoms with Gasteiger partial charge in [-0.25, -0.2) is 4.98 Å². The van der Waals surface area contributed by atoms with Crippen LogP contribution in [0.2, 0.25) is 0 Å². The highest BCUT2D eigenvalue weighted by Crippen LogP contribution is 2.24. The molecule has 0 bridgehead atoms. The molecule has 0 atom stereocenters. The highest BCUT2D eigenvalue weighted by molar-refractivity contribution is 7.18. The number of nitrogens with one attached hydrogen (secondary N) is 1. The molecule has 1 aromatic heterocycles. The van der Waals surface area contributed by atoms with E-state index in [1.54, 1.807) is 11.3 Å². The predicted molar refractivity (Wildman–Crippen MR) is 113 cm³/mol. The number of aryl methyl sites for hydroxylation is 3. The zero-order chi connectivity index (χ0) is 19.3. The van der Waals surface area contributed by atoms with Gasteiger partial charge in [-0.3, -0.25) is 9.59 Å². The Labute approximate surface area is 169 Å². The minimum atomic E-state index is -0.0567. The summed E-state index contributed by atoms with van der Waals surface area (Å²) >= 11 is 1.71. The molecule has 4 rings (SSSR count). The number of carbonyl (C=O) groups excluding carboxylic acids is 2. The summed E-state index contributed by atoms with van der Waals surface area (Å²) in [7, 11) is 0. The number of aromatic nitrogens is 1. The smallest absolute Gasteiger partial charge is 0.220 e. The molecule has 0 unspecified atom stereocenters. The van der Waals surface area contributed by atoms with Crippen LogP contribution in [0, 0.1) is 0 Å². The highest BCUT2D eigenvalue weighted by atomic mass is 32.1. The number of nitrogens with zero attached hydrogens (tertiary/aromatic N) is 1. The lowest BCUT2D eigenvalue weighted by Crippen LogP contribution is -2.25. The Morgan fingerprint density at radius 2 is 1.89 bits per heavy atom. The van der Waals surface area contributed by atoms with Crippen molar-refractivity contribution < 1.29 is 9.59 Å². The fourth-order valence-electron chi connectivity index (χ4n) is 3.70. The Morgan fingerprint density at radius 1 is 1.04 bits per heavy atom. The van der Waals surface area contributed by atoms with Crippen LogP contribution < -0.4 is 5.32 Å². The molecule has 1 heterocycles. The van der Waals surface area contributed by atoms with E-state index in [0.29, 0.717) is 6.54 Å². The molecule has 4 nitrogen and oxygen atoms in total. The molecule has 2 aromatic carbocycles. The number of thiazole rings is 1. The van der Waals surface area contributed by atoms with Crippen LogP contribution in [0.3, 0.4) is 0 Å². The Morgan fingerprint density at radius 3 is 2.79 bits per heavy atom. The van der Waals surface area contributed by atoms with Crippen LogP contribution >= 0.6 is 11.3 Å². The van der Waals surface area contributed by atoms with E-state index in [1.807, 2.05) is 30.3 Å². The number of amides is 1. The monoisotopic (exact) mass is 392 g/mol. The topological polar surface area (TPSA) is 59.1 Å². The molecular weight excluding hydrogens is 368 g/mol. The summed E-state index contributed by atoms with van der Waals surface area (Å²) in [5.74, 6) is -0.00173. The summed E-state index contributed by atoms with van der Waals surface area (Å²) in [5, 5.41) is 4.02. The summed E-state index contributed by atoms with van der Waals surface area (Å²) in [6.45, 7) is 0.613. The average Bonchev–Trinajstić information content (AvgIpc) is 3.34. The van der Waals surface area contributed by atoms with Crippen LogP contribution in [0.15, 0.2) is 42.5 Å². The first-order valence-corrected chi connectivity index (χ1v) is 10.8. The molecule has 5 heteroatoms. The fraction of sp³-hybridized carbons (Fsp3) is 0.348. The molecule has 1 amide bonds. The van der Waals surface area contributed by atoms with Crippen molar-refractivity contribution in [3.8, 4) is 0 Å². The van der Waals surface area contributed by atoms with Gasteiger partial charge in [0.25, 0.3) is 0 Å². The van der Waals surface area contributed by atoms with Crippen molar-refractivity contribution in [2.45, 2.75) is 44.9 Å². The van der Waals surface area contributed by atoms with Crippen LogP contribution in [0.4, 0.5) is 0 Å². The number of hydrogen-bond acceptors (Lipinski definition) is 4. The van der Waals surface area contributed by atoms with Crippen molar-refractivity contribution in [1.82, 2.24) is 10.3 Å². The van der Waals surface area contributed by atoms with Crippen LogP contribution in [-0.2, 0) is 24.1 Å². The lowest BCUT2D eigenvalue weighted by molar-refractivity contribution is -0.121. The molecule has 1 N–H and O–H groups in total. The van der Waals surface area contributed by atoms with Gasteiger partial charge in [-0.15, -0.1) is 11.3 Å². The zero-order valence-corrected chi connectivity index (χ0v) is 16.7. The van der Waals surface area contributed by atoms with Gasteiger partial charge in [0, 0.05) is 31.4 Å². The summed E-state index contributed by atoms with van der Waals surface area (Å²) in [6, 6.07) is 14.1. The number of ketones is 1. The van der Waals surface area contributed by atoms with Gasteiger partial charge in [0.15, 0.2) is 5.78 Å². The summed E-state index contributed by atoms with van der Waals surface area (Å²) in [5.41, 5.74) is 4.44. The van der Waals surface area contributed by atoms with Crippen LogP contribution in [0.1, 0.15) is 52.2 Å². The zero-order valence-electron chi connectivity index (χ0n) is 15.9. The van der Waals surface area contributed by atoms with E-state index in [2.05, 4.69) is 22.4 Å². The SMILES string of the molecule is O=C(CCC(=O)c1ccc2c(c1)CCC2)NCCCc1nc2ccccc2s1. The Balaban J connectivity index is 1.18. The van der Waals surface area contributed by atoms with Crippen LogP contribution in [0.5, 0.6) is 0 Å². The second-order valence-electron chi connectivity index (χ2n) is 7.29. The van der Waals surface area contributed by atoms with Crippen molar-refractivity contribution in [2.75, 3.05) is 6.54 Å². The lowest BCUT2D eigenvalue weighted by Gasteiger charge is -2.06. The van der Waals surface area contributed by atoms with E-state index >= 15 is 0 Å². The molecule has 0 radical (unpaired) electrons. The predicted octanol–water partition coefficient (Wildman–Crippen LogP) is 4.50. The fourth-order valence-corrected chi connectivity index (χ4v) is 4.71. The third-order valence-corrected chi connectivity index (χ3v) is 6.32. The molecule has 1 aliphatic carbocycles. The van der Waals surface area contributed by atoms with Gasteiger partial charge in [-0.1, -0.05) is 24.3 Å². The highest BCUT2D eigenvalue weighted by Gasteiger charge is 2.15. The second-order valence-corrected chi connectivity index (χ2v) is 8.40. The summed E-state index contributed by atoms with van der Waals surface area (Å²) in [4.78, 5) is 29.0. The standard InChI is InChI=1S/C23H24N2O2S/c26-20(18-11-10-16-5-3-6-17(16)15-18)12-13-22(27)24-14-4-9-23-25-19-7-1-2-8-21(19)28-23/h1-2,7-8,10-11,15H,3-6,9,12-14H2,(H,24,27). The molecule has 0 spiro atoms. The molecule has 28 heavy (non-hydrogen) atoms. The molecular formula is C23H24N2O2S. The van der Waals surface area contributed by atoms with E-state index in [4.69, 9.17) is 0 Å². The number of carbonyl (C=O) groups is 2. The van der Waals surface area contributed by atoms with Gasteiger partial charge < -0.3 is 5.32 Å². The molecule has 0 saturated carbocycles. The summed E-state index contributed by atoms with van der Waals surface area (Å²) < 4.78 is 1.20. The van der Waals surface area contributed by atoms with Crippen LogP contribution in [0.25, 0.3) is 10.2 Å². The van der Waals surface area contributed by atoms with Gasteiger partial charge in [0.2, 0.25) is 5.91 Å². The van der Waals surface area contributed by atoms with Crippen molar-refractivity contribution in [3.05, 3.63) is 64.2 Å². The maximum absolute atomic E-state index is 12.4. The van der Waals surface area contributed by atoms with Crippen molar-refractivity contribution in [3.63, 3.8) is 0 Å². The lowest BCUT2D eigenvalue weighted by atomic mass is 10.0.